The van der Waals surface area contributed by atoms with E-state index in [9.17, 15) is 19.2 Å². The van der Waals surface area contributed by atoms with Crippen LogP contribution in [0.1, 0.15) is 26.7 Å². The number of ether oxygens (including phenoxy) is 1. The number of carbonyl (C=O) groups excluding carboxylic acids is 4. The van der Waals surface area contributed by atoms with E-state index >= 15 is 0 Å². The molecule has 0 unspecified atom stereocenters. The Morgan fingerprint density at radius 1 is 1.15 bits per heavy atom. The molecule has 0 rings (SSSR count). The minimum absolute atomic E-state index is 0.0216. The fraction of sp³-hybridized carbons (Fsp3) is 0.500. The first-order valence-electron chi connectivity index (χ1n) is 3.74. The number of hydrogen-bond donors (Lipinski definition) is 0. The Kier molecular flexibility index (Phi) is 4.58. The summed E-state index contributed by atoms with van der Waals surface area (Å²) < 4.78 is 4.07. The van der Waals surface area contributed by atoms with Crippen LogP contribution in [-0.4, -0.2) is 23.5 Å². The van der Waals surface area contributed by atoms with Crippen molar-refractivity contribution in [3.05, 3.63) is 0 Å². The van der Waals surface area contributed by atoms with Crippen LogP contribution in [0, 0.1) is 0 Å². The Bertz CT molecular complexity index is 253. The van der Waals surface area contributed by atoms with Gasteiger partial charge in [-0.1, -0.05) is 6.92 Å². The second-order valence-electron chi connectivity index (χ2n) is 2.42. The van der Waals surface area contributed by atoms with Crippen LogP contribution in [0.3, 0.4) is 0 Å². The molecule has 0 saturated carbocycles. The second kappa shape index (κ2) is 5.18. The van der Waals surface area contributed by atoms with Gasteiger partial charge in [0.1, 0.15) is 12.2 Å². The van der Waals surface area contributed by atoms with E-state index in [2.05, 4.69) is 4.74 Å². The van der Waals surface area contributed by atoms with Crippen molar-refractivity contribution in [2.24, 2.45) is 0 Å². The van der Waals surface area contributed by atoms with Crippen molar-refractivity contribution >= 4 is 23.5 Å². The van der Waals surface area contributed by atoms with E-state index in [0.29, 0.717) is 0 Å². The van der Waals surface area contributed by atoms with Crippen molar-refractivity contribution in [2.75, 3.05) is 0 Å². The SMILES string of the molecule is CCC(=O)C(=O)OC(=O)CC(C)=O. The molecular weight excluding hydrogens is 176 g/mol. The van der Waals surface area contributed by atoms with E-state index in [4.69, 9.17) is 0 Å². The number of ketones is 2. The van der Waals surface area contributed by atoms with Crippen molar-refractivity contribution in [1.82, 2.24) is 0 Å². The first-order chi connectivity index (χ1) is 5.97. The molecule has 72 valence electrons. The molecule has 13 heavy (non-hydrogen) atoms. The third kappa shape index (κ3) is 4.84. The van der Waals surface area contributed by atoms with Crippen LogP contribution in [0.4, 0.5) is 0 Å². The van der Waals surface area contributed by atoms with Gasteiger partial charge in [-0.2, -0.15) is 0 Å². The van der Waals surface area contributed by atoms with Crippen molar-refractivity contribution in [3.8, 4) is 0 Å². The van der Waals surface area contributed by atoms with Gasteiger partial charge in [0.05, 0.1) is 0 Å². The van der Waals surface area contributed by atoms with Gasteiger partial charge in [-0.25, -0.2) is 4.79 Å². The number of hydrogen-bond acceptors (Lipinski definition) is 5. The van der Waals surface area contributed by atoms with Gasteiger partial charge in [-0.3, -0.25) is 14.4 Å². The summed E-state index contributed by atoms with van der Waals surface area (Å²) in [5, 5.41) is 0. The maximum atomic E-state index is 10.7. The first-order valence-corrected chi connectivity index (χ1v) is 3.74. The van der Waals surface area contributed by atoms with Crippen LogP contribution in [-0.2, 0) is 23.9 Å². The second-order valence-corrected chi connectivity index (χ2v) is 2.42. The molecule has 0 atom stereocenters. The Balaban J connectivity index is 3.99. The quantitative estimate of drug-likeness (QED) is 0.351. The summed E-state index contributed by atoms with van der Waals surface area (Å²) in [6, 6.07) is 0. The third-order valence-electron chi connectivity index (χ3n) is 1.15. The predicted octanol–water partition coefficient (Wildman–Crippen LogP) is 0.0144. The fourth-order valence-electron chi connectivity index (χ4n) is 0.544. The van der Waals surface area contributed by atoms with Gasteiger partial charge in [-0.05, 0) is 6.92 Å². The van der Waals surface area contributed by atoms with Gasteiger partial charge in [0.25, 0.3) is 0 Å². The maximum absolute atomic E-state index is 10.7. The molecule has 0 aromatic heterocycles. The summed E-state index contributed by atoms with van der Waals surface area (Å²) in [5.41, 5.74) is 0. The minimum Gasteiger partial charge on any atom is -0.387 e. The standard InChI is InChI=1S/C8H10O5/c1-3-6(10)8(12)13-7(11)4-5(2)9/h3-4H2,1-2H3. The molecule has 0 radical (unpaired) electrons. The highest BCUT2D eigenvalue weighted by atomic mass is 16.6. The van der Waals surface area contributed by atoms with Crippen LogP contribution >= 0.6 is 0 Å². The van der Waals surface area contributed by atoms with Crippen LogP contribution in [0.2, 0.25) is 0 Å². The third-order valence-corrected chi connectivity index (χ3v) is 1.15. The highest BCUT2D eigenvalue weighted by molar-refractivity contribution is 6.35. The van der Waals surface area contributed by atoms with Crippen LogP contribution in [0.5, 0.6) is 0 Å². The van der Waals surface area contributed by atoms with Crippen molar-refractivity contribution in [1.29, 1.82) is 0 Å². The number of Topliss-reactive ketones (excluding diaryl/α,β-unsaturated/α-hetero) is 2. The van der Waals surface area contributed by atoms with Gasteiger partial charge in [0, 0.05) is 6.42 Å². The Morgan fingerprint density at radius 2 is 1.69 bits per heavy atom. The Hall–Kier alpha value is -1.52. The van der Waals surface area contributed by atoms with Crippen LogP contribution < -0.4 is 0 Å². The molecular formula is C8H10O5. The average Bonchev–Trinajstić information content (AvgIpc) is 2.01. The molecule has 0 spiro atoms. The lowest BCUT2D eigenvalue weighted by Gasteiger charge is -1.98. The lowest BCUT2D eigenvalue weighted by atomic mass is 10.3. The summed E-state index contributed by atoms with van der Waals surface area (Å²) in [6.45, 7) is 2.66. The highest BCUT2D eigenvalue weighted by Gasteiger charge is 2.17. The molecule has 5 nitrogen and oxygen atoms in total. The van der Waals surface area contributed by atoms with E-state index in [1.54, 1.807) is 0 Å². The molecule has 0 aliphatic carbocycles. The van der Waals surface area contributed by atoms with Crippen LogP contribution in [0.15, 0.2) is 0 Å². The van der Waals surface area contributed by atoms with Crippen molar-refractivity contribution < 1.29 is 23.9 Å². The molecule has 0 N–H and O–H groups in total. The van der Waals surface area contributed by atoms with E-state index in [1.807, 2.05) is 0 Å². The van der Waals surface area contributed by atoms with Gasteiger partial charge >= 0.3 is 11.9 Å². The number of carbonyl (C=O) groups is 4. The molecule has 5 heteroatoms. The Labute approximate surface area is 75.1 Å². The van der Waals surface area contributed by atoms with Gasteiger partial charge in [0.15, 0.2) is 0 Å². The summed E-state index contributed by atoms with van der Waals surface area (Å²) in [6.07, 6.45) is -0.505. The summed E-state index contributed by atoms with van der Waals surface area (Å²) >= 11 is 0. The molecule has 0 aromatic rings. The van der Waals surface area contributed by atoms with E-state index in [0.717, 1.165) is 0 Å². The van der Waals surface area contributed by atoms with Crippen molar-refractivity contribution in [2.45, 2.75) is 26.7 Å². The summed E-state index contributed by atoms with van der Waals surface area (Å²) in [4.78, 5) is 42.3. The zero-order chi connectivity index (χ0) is 10.4. The molecule has 0 amide bonds. The lowest BCUT2D eigenvalue weighted by Crippen LogP contribution is -2.21. The molecule has 0 aromatic carbocycles. The zero-order valence-electron chi connectivity index (χ0n) is 7.46. The molecule has 0 fully saturated rings. The highest BCUT2D eigenvalue weighted by Crippen LogP contribution is 1.92. The Morgan fingerprint density at radius 3 is 2.08 bits per heavy atom. The molecule has 0 aliphatic rings. The lowest BCUT2D eigenvalue weighted by molar-refractivity contribution is -0.164. The topological polar surface area (TPSA) is 77.5 Å². The van der Waals surface area contributed by atoms with E-state index in [-0.39, 0.29) is 6.42 Å². The van der Waals surface area contributed by atoms with Gasteiger partial charge < -0.3 is 4.74 Å². The largest absolute Gasteiger partial charge is 0.387 e. The average molecular weight is 186 g/mol. The molecule has 0 bridgehead atoms. The minimum atomic E-state index is -1.20. The number of rotatable bonds is 4. The first kappa shape index (κ1) is 11.5. The van der Waals surface area contributed by atoms with Crippen molar-refractivity contribution in [3.63, 3.8) is 0 Å². The molecule has 0 saturated heterocycles. The van der Waals surface area contributed by atoms with Gasteiger partial charge in [-0.15, -0.1) is 0 Å². The van der Waals surface area contributed by atoms with E-state index < -0.39 is 29.9 Å². The monoisotopic (exact) mass is 186 g/mol. The zero-order valence-corrected chi connectivity index (χ0v) is 7.46. The number of esters is 2. The molecule has 0 heterocycles. The molecule has 0 aliphatic heterocycles. The van der Waals surface area contributed by atoms with Crippen LogP contribution in [0.25, 0.3) is 0 Å². The predicted molar refractivity (Wildman–Crippen MR) is 41.7 cm³/mol. The van der Waals surface area contributed by atoms with E-state index in [1.165, 1.54) is 13.8 Å². The maximum Gasteiger partial charge on any atom is 0.382 e. The normalized spacial score (nSPS) is 9.08. The summed E-state index contributed by atoms with van der Waals surface area (Å²) in [5.74, 6) is -3.38. The fourth-order valence-corrected chi connectivity index (χ4v) is 0.544. The smallest absolute Gasteiger partial charge is 0.382 e. The summed E-state index contributed by atoms with van der Waals surface area (Å²) in [7, 11) is 0. The van der Waals surface area contributed by atoms with Gasteiger partial charge in [0.2, 0.25) is 5.78 Å².